The monoisotopic (exact) mass is 383 g/mol. The van der Waals surface area contributed by atoms with Crippen molar-refractivity contribution in [2.24, 2.45) is 0 Å². The Kier molecular flexibility index (Phi) is 6.03. The number of ether oxygens (including phenoxy) is 1. The molecule has 1 aliphatic heterocycles. The summed E-state index contributed by atoms with van der Waals surface area (Å²) >= 11 is 1.34. The number of nitrogens with zero attached hydrogens (tertiary/aromatic N) is 3. The van der Waals surface area contributed by atoms with Crippen LogP contribution in [0.4, 0.5) is 0 Å². The van der Waals surface area contributed by atoms with Crippen molar-refractivity contribution in [3.63, 3.8) is 0 Å². The van der Waals surface area contributed by atoms with Crippen LogP contribution in [-0.2, 0) is 11.3 Å². The second-order valence-electron chi connectivity index (χ2n) is 7.11. The quantitative estimate of drug-likeness (QED) is 0.554. The van der Waals surface area contributed by atoms with Crippen LogP contribution in [-0.4, -0.2) is 33.8 Å². The smallest absolute Gasteiger partial charge is 0.174 e. The molecule has 0 radical (unpaired) electrons. The molecule has 3 rings (SSSR count). The minimum Gasteiger partial charge on any atom is -0.376 e. The standard InChI is InChI=1S/C21H25N3O2S/c1-13-8-14(2)23-21(19(13)10-22)27-12-20(25)18-9-15(3)24(16(18)4)11-17-6-5-7-26-17/h8-9,17H,5-7,11-12H2,1-4H3. The summed E-state index contributed by atoms with van der Waals surface area (Å²) in [5.74, 6) is 0.339. The maximum absolute atomic E-state index is 12.8. The van der Waals surface area contributed by atoms with Crippen molar-refractivity contribution in [3.8, 4) is 6.07 Å². The second kappa shape index (κ2) is 8.28. The molecule has 6 heteroatoms. The molecule has 1 aliphatic rings. The van der Waals surface area contributed by atoms with Gasteiger partial charge in [-0.3, -0.25) is 4.79 Å². The van der Waals surface area contributed by atoms with Crippen molar-refractivity contribution in [2.45, 2.75) is 58.2 Å². The zero-order valence-corrected chi connectivity index (χ0v) is 17.2. The molecule has 2 aromatic heterocycles. The van der Waals surface area contributed by atoms with Crippen LogP contribution in [0, 0.1) is 39.0 Å². The van der Waals surface area contributed by atoms with E-state index >= 15 is 0 Å². The van der Waals surface area contributed by atoms with Gasteiger partial charge in [0.05, 0.1) is 17.4 Å². The van der Waals surface area contributed by atoms with E-state index in [9.17, 15) is 10.1 Å². The molecule has 3 heterocycles. The Morgan fingerprint density at radius 2 is 2.15 bits per heavy atom. The highest BCUT2D eigenvalue weighted by Crippen LogP contribution is 2.26. The van der Waals surface area contributed by atoms with Crippen LogP contribution in [0.3, 0.4) is 0 Å². The van der Waals surface area contributed by atoms with Gasteiger partial charge in [-0.25, -0.2) is 4.98 Å². The number of carbonyl (C=O) groups is 1. The Morgan fingerprint density at radius 3 is 2.81 bits per heavy atom. The SMILES string of the molecule is Cc1cc(C)c(C#N)c(SCC(=O)c2cc(C)n(CC3CCCO3)c2C)n1. The van der Waals surface area contributed by atoms with Gasteiger partial charge in [-0.1, -0.05) is 11.8 Å². The van der Waals surface area contributed by atoms with Gasteiger partial charge in [0.15, 0.2) is 5.78 Å². The number of pyridine rings is 1. The van der Waals surface area contributed by atoms with Crippen molar-refractivity contribution >= 4 is 17.5 Å². The highest BCUT2D eigenvalue weighted by molar-refractivity contribution is 8.00. The fourth-order valence-electron chi connectivity index (χ4n) is 3.61. The van der Waals surface area contributed by atoms with Crippen LogP contribution >= 0.6 is 11.8 Å². The predicted molar refractivity (Wildman–Crippen MR) is 106 cm³/mol. The summed E-state index contributed by atoms with van der Waals surface area (Å²) in [5, 5.41) is 10.0. The Balaban J connectivity index is 1.75. The number of Topliss-reactive ketones (excluding diaryl/α,β-unsaturated/α-hetero) is 1. The first-order valence-electron chi connectivity index (χ1n) is 9.23. The first-order valence-corrected chi connectivity index (χ1v) is 10.2. The van der Waals surface area contributed by atoms with Crippen LogP contribution in [0.15, 0.2) is 17.2 Å². The summed E-state index contributed by atoms with van der Waals surface area (Å²) in [5.41, 5.74) is 5.13. The third-order valence-corrected chi connectivity index (χ3v) is 6.02. The molecular formula is C21H25N3O2S. The van der Waals surface area contributed by atoms with Gasteiger partial charge in [-0.15, -0.1) is 0 Å². The van der Waals surface area contributed by atoms with E-state index in [0.29, 0.717) is 10.6 Å². The van der Waals surface area contributed by atoms with Gasteiger partial charge in [0.1, 0.15) is 11.1 Å². The number of rotatable bonds is 6. The van der Waals surface area contributed by atoms with Gasteiger partial charge in [-0.05, 0) is 58.2 Å². The molecule has 27 heavy (non-hydrogen) atoms. The van der Waals surface area contributed by atoms with Gasteiger partial charge in [0.25, 0.3) is 0 Å². The first kappa shape index (κ1) is 19.7. The summed E-state index contributed by atoms with van der Waals surface area (Å²) in [6.45, 7) is 9.46. The third-order valence-electron chi connectivity index (χ3n) is 5.05. The Hall–Kier alpha value is -2.10. The van der Waals surface area contributed by atoms with Crippen LogP contribution in [0.2, 0.25) is 0 Å². The molecule has 0 saturated carbocycles. The van der Waals surface area contributed by atoms with E-state index in [2.05, 4.69) is 15.6 Å². The second-order valence-corrected chi connectivity index (χ2v) is 8.08. The maximum atomic E-state index is 12.8. The molecule has 0 aliphatic carbocycles. The van der Waals surface area contributed by atoms with Gasteiger partial charge in [0, 0.05) is 35.8 Å². The summed E-state index contributed by atoms with van der Waals surface area (Å²) in [7, 11) is 0. The molecule has 1 saturated heterocycles. The van der Waals surface area contributed by atoms with Gasteiger partial charge >= 0.3 is 0 Å². The number of aromatic nitrogens is 2. The highest BCUT2D eigenvalue weighted by atomic mass is 32.2. The third kappa shape index (κ3) is 4.26. The average Bonchev–Trinajstić information content (AvgIpc) is 3.23. The molecule has 5 nitrogen and oxygen atoms in total. The lowest BCUT2D eigenvalue weighted by molar-refractivity contribution is 0.0957. The van der Waals surface area contributed by atoms with Crippen molar-refractivity contribution in [2.75, 3.05) is 12.4 Å². The van der Waals surface area contributed by atoms with Crippen LogP contribution in [0.25, 0.3) is 0 Å². The molecule has 1 unspecified atom stereocenters. The fourth-order valence-corrected chi connectivity index (χ4v) is 4.59. The van der Waals surface area contributed by atoms with Crippen LogP contribution in [0.1, 0.15) is 51.4 Å². The largest absolute Gasteiger partial charge is 0.376 e. The van der Waals surface area contributed by atoms with Gasteiger partial charge < -0.3 is 9.30 Å². The first-order chi connectivity index (χ1) is 12.9. The molecule has 0 spiro atoms. The topological polar surface area (TPSA) is 67.9 Å². The molecule has 0 N–H and O–H groups in total. The lowest BCUT2D eigenvalue weighted by Gasteiger charge is -2.14. The number of carbonyl (C=O) groups excluding carboxylic acids is 1. The number of aryl methyl sites for hydroxylation is 3. The Morgan fingerprint density at radius 1 is 1.37 bits per heavy atom. The molecule has 1 atom stereocenters. The summed E-state index contributed by atoms with van der Waals surface area (Å²) in [4.78, 5) is 17.3. The Labute approximate surface area is 164 Å². The Bertz CT molecular complexity index is 905. The van der Waals surface area contributed by atoms with Crippen molar-refractivity contribution < 1.29 is 9.53 Å². The number of ketones is 1. The van der Waals surface area contributed by atoms with E-state index in [4.69, 9.17) is 4.74 Å². The van der Waals surface area contributed by atoms with E-state index in [1.54, 1.807) is 0 Å². The lowest BCUT2D eigenvalue weighted by atomic mass is 10.1. The molecule has 0 bridgehead atoms. The van der Waals surface area contributed by atoms with Crippen molar-refractivity contribution in [1.82, 2.24) is 9.55 Å². The molecule has 142 valence electrons. The molecule has 0 aromatic carbocycles. The highest BCUT2D eigenvalue weighted by Gasteiger charge is 2.21. The van der Waals surface area contributed by atoms with Crippen molar-refractivity contribution in [3.05, 3.63) is 45.9 Å². The van der Waals surface area contributed by atoms with Crippen LogP contribution in [0.5, 0.6) is 0 Å². The number of nitriles is 1. The van der Waals surface area contributed by atoms with Crippen LogP contribution < -0.4 is 0 Å². The number of hydrogen-bond donors (Lipinski definition) is 0. The minimum atomic E-state index is 0.0662. The van der Waals surface area contributed by atoms with Gasteiger partial charge in [0.2, 0.25) is 0 Å². The summed E-state index contributed by atoms with van der Waals surface area (Å²) < 4.78 is 7.93. The predicted octanol–water partition coefficient (Wildman–Crippen LogP) is 4.14. The summed E-state index contributed by atoms with van der Waals surface area (Å²) in [6.07, 6.45) is 2.42. The maximum Gasteiger partial charge on any atom is 0.174 e. The normalized spacial score (nSPS) is 16.5. The zero-order chi connectivity index (χ0) is 19.6. The molecule has 1 fully saturated rings. The van der Waals surface area contributed by atoms with E-state index in [1.165, 1.54) is 11.8 Å². The lowest BCUT2D eigenvalue weighted by Crippen LogP contribution is -2.17. The van der Waals surface area contributed by atoms with E-state index in [1.807, 2.05) is 39.8 Å². The number of thioether (sulfide) groups is 1. The summed E-state index contributed by atoms with van der Waals surface area (Å²) in [6, 6.07) is 6.06. The van der Waals surface area contributed by atoms with E-state index in [-0.39, 0.29) is 17.6 Å². The van der Waals surface area contributed by atoms with Crippen molar-refractivity contribution in [1.29, 1.82) is 5.26 Å². The van der Waals surface area contributed by atoms with E-state index in [0.717, 1.165) is 54.2 Å². The fraction of sp³-hybridized carbons (Fsp3) is 0.476. The molecule has 2 aromatic rings. The van der Waals surface area contributed by atoms with E-state index < -0.39 is 0 Å². The zero-order valence-electron chi connectivity index (χ0n) is 16.3. The molecular weight excluding hydrogens is 358 g/mol. The molecule has 0 amide bonds. The average molecular weight is 384 g/mol. The van der Waals surface area contributed by atoms with Gasteiger partial charge in [-0.2, -0.15) is 5.26 Å². The minimum absolute atomic E-state index is 0.0662. The number of hydrogen-bond acceptors (Lipinski definition) is 5.